The first-order chi connectivity index (χ1) is 14.6. The second-order valence-corrected chi connectivity index (χ2v) is 11.3. The molecule has 1 aliphatic carbocycles. The van der Waals surface area contributed by atoms with Crippen molar-refractivity contribution in [3.63, 3.8) is 0 Å². The fraction of sp³-hybridized carbons (Fsp3) is 0.652. The van der Waals surface area contributed by atoms with Crippen LogP contribution >= 0.6 is 0 Å². The fourth-order valence-electron chi connectivity index (χ4n) is 4.51. The van der Waals surface area contributed by atoms with Gasteiger partial charge in [0.25, 0.3) is 0 Å². The summed E-state index contributed by atoms with van der Waals surface area (Å²) < 4.78 is 25.6. The Labute approximate surface area is 186 Å². The van der Waals surface area contributed by atoms with Gasteiger partial charge in [0.05, 0.1) is 12.8 Å². The topological polar surface area (TPSA) is 86.8 Å². The van der Waals surface area contributed by atoms with Crippen LogP contribution in [0.2, 0.25) is 0 Å². The van der Waals surface area contributed by atoms with Gasteiger partial charge >= 0.3 is 0 Å². The van der Waals surface area contributed by atoms with Crippen LogP contribution in [0, 0.1) is 6.92 Å². The number of aryl methyl sites for hydroxylation is 1. The van der Waals surface area contributed by atoms with Gasteiger partial charge in [-0.25, -0.2) is 8.42 Å². The standard InChI is InChI=1S/C23H35N3O4S/c1-18-11-13-19(14-12-18)15-26-21(27)16-25(31(3,29)30)17-23(26,2)22(28)24-20-9-7-5-4-6-8-10-20/h11-14,20H,4-10,15-17H2,1-3H3,(H,24,28)/t23-/m0/s1. The third kappa shape index (κ3) is 5.86. The van der Waals surface area contributed by atoms with Gasteiger partial charge in [0.1, 0.15) is 5.54 Å². The van der Waals surface area contributed by atoms with Crippen molar-refractivity contribution >= 4 is 21.8 Å². The molecule has 0 bridgehead atoms. The molecule has 1 N–H and O–H groups in total. The minimum Gasteiger partial charge on any atom is -0.351 e. The van der Waals surface area contributed by atoms with Crippen LogP contribution in [0.25, 0.3) is 0 Å². The van der Waals surface area contributed by atoms with Crippen molar-refractivity contribution in [1.29, 1.82) is 0 Å². The van der Waals surface area contributed by atoms with Crippen molar-refractivity contribution in [2.24, 2.45) is 0 Å². The lowest BCUT2D eigenvalue weighted by atomic mass is 9.92. The van der Waals surface area contributed by atoms with Crippen LogP contribution in [0.3, 0.4) is 0 Å². The summed E-state index contributed by atoms with van der Waals surface area (Å²) in [6.07, 6.45) is 8.65. The van der Waals surface area contributed by atoms with E-state index in [1.807, 2.05) is 31.2 Å². The summed E-state index contributed by atoms with van der Waals surface area (Å²) in [4.78, 5) is 28.2. The Morgan fingerprint density at radius 2 is 1.68 bits per heavy atom. The molecule has 0 aromatic heterocycles. The Morgan fingerprint density at radius 1 is 1.10 bits per heavy atom. The molecule has 1 aliphatic heterocycles. The van der Waals surface area contributed by atoms with Crippen molar-refractivity contribution in [2.75, 3.05) is 19.3 Å². The molecule has 1 atom stereocenters. The second-order valence-electron chi connectivity index (χ2n) is 9.29. The van der Waals surface area contributed by atoms with E-state index in [4.69, 9.17) is 0 Å². The van der Waals surface area contributed by atoms with Gasteiger partial charge in [0, 0.05) is 19.1 Å². The van der Waals surface area contributed by atoms with Crippen LogP contribution < -0.4 is 5.32 Å². The summed E-state index contributed by atoms with van der Waals surface area (Å²) in [6, 6.07) is 7.89. The van der Waals surface area contributed by atoms with E-state index in [1.54, 1.807) is 11.8 Å². The molecule has 2 fully saturated rings. The Kier molecular flexibility index (Phi) is 7.42. The lowest BCUT2D eigenvalue weighted by molar-refractivity contribution is -0.154. The molecule has 2 aliphatic rings. The van der Waals surface area contributed by atoms with E-state index in [0.29, 0.717) is 0 Å². The quantitative estimate of drug-likeness (QED) is 0.749. The van der Waals surface area contributed by atoms with Crippen molar-refractivity contribution in [3.05, 3.63) is 35.4 Å². The van der Waals surface area contributed by atoms with Crippen LogP contribution in [-0.4, -0.2) is 60.4 Å². The highest BCUT2D eigenvalue weighted by Crippen LogP contribution is 2.28. The summed E-state index contributed by atoms with van der Waals surface area (Å²) in [7, 11) is -3.60. The summed E-state index contributed by atoms with van der Waals surface area (Å²) in [5.41, 5.74) is 0.754. The van der Waals surface area contributed by atoms with E-state index in [0.717, 1.165) is 47.4 Å². The van der Waals surface area contributed by atoms with Gasteiger partial charge in [-0.15, -0.1) is 0 Å². The maximum Gasteiger partial charge on any atom is 0.247 e. The molecule has 1 aromatic rings. The van der Waals surface area contributed by atoms with E-state index in [9.17, 15) is 18.0 Å². The first-order valence-corrected chi connectivity index (χ1v) is 13.1. The van der Waals surface area contributed by atoms with E-state index in [-0.39, 0.29) is 37.5 Å². The van der Waals surface area contributed by atoms with Gasteiger partial charge in [0.2, 0.25) is 21.8 Å². The van der Waals surface area contributed by atoms with Crippen molar-refractivity contribution in [3.8, 4) is 0 Å². The molecule has 1 saturated heterocycles. The predicted molar refractivity (Wildman–Crippen MR) is 121 cm³/mol. The summed E-state index contributed by atoms with van der Waals surface area (Å²) in [6.45, 7) is 3.67. The zero-order valence-electron chi connectivity index (χ0n) is 18.9. The number of piperazine rings is 1. The van der Waals surface area contributed by atoms with Crippen LogP contribution in [-0.2, 0) is 26.2 Å². The number of benzene rings is 1. The third-order valence-corrected chi connectivity index (χ3v) is 7.75. The summed E-state index contributed by atoms with van der Waals surface area (Å²) in [5.74, 6) is -0.626. The largest absolute Gasteiger partial charge is 0.351 e. The number of nitrogens with one attached hydrogen (secondary N) is 1. The SMILES string of the molecule is Cc1ccc(CN2C(=O)CN(S(C)(=O)=O)C[C@@]2(C)C(=O)NC2CCCCCCC2)cc1. The van der Waals surface area contributed by atoms with Crippen LogP contribution in [0.1, 0.15) is 63.0 Å². The highest BCUT2D eigenvalue weighted by atomic mass is 32.2. The van der Waals surface area contributed by atoms with E-state index in [2.05, 4.69) is 5.32 Å². The number of amides is 2. The maximum atomic E-state index is 13.5. The Morgan fingerprint density at radius 3 is 2.26 bits per heavy atom. The number of hydrogen-bond acceptors (Lipinski definition) is 4. The van der Waals surface area contributed by atoms with Gasteiger partial charge in [0.15, 0.2) is 0 Å². The zero-order chi connectivity index (χ0) is 22.6. The highest BCUT2D eigenvalue weighted by molar-refractivity contribution is 7.88. The van der Waals surface area contributed by atoms with Gasteiger partial charge in [-0.05, 0) is 32.3 Å². The Hall–Kier alpha value is -1.93. The molecule has 172 valence electrons. The van der Waals surface area contributed by atoms with Crippen molar-refractivity contribution in [1.82, 2.24) is 14.5 Å². The smallest absolute Gasteiger partial charge is 0.247 e. The molecule has 1 aromatic carbocycles. The molecule has 7 nitrogen and oxygen atoms in total. The molecule has 2 amide bonds. The average molecular weight is 450 g/mol. The second kappa shape index (κ2) is 9.69. The molecule has 0 spiro atoms. The molecular weight excluding hydrogens is 414 g/mol. The van der Waals surface area contributed by atoms with Crippen molar-refractivity contribution < 1.29 is 18.0 Å². The first-order valence-electron chi connectivity index (χ1n) is 11.2. The Balaban J connectivity index is 1.86. The van der Waals surface area contributed by atoms with Crippen molar-refractivity contribution in [2.45, 2.75) is 76.9 Å². The lowest BCUT2D eigenvalue weighted by Gasteiger charge is -2.47. The minimum atomic E-state index is -3.60. The number of carbonyl (C=O) groups excluding carboxylic acids is 2. The number of sulfonamides is 1. The molecular formula is C23H35N3O4S. The van der Waals surface area contributed by atoms with Gasteiger partial charge in [-0.1, -0.05) is 61.9 Å². The number of hydrogen-bond donors (Lipinski definition) is 1. The molecule has 0 unspecified atom stereocenters. The van der Waals surface area contributed by atoms with E-state index < -0.39 is 15.6 Å². The van der Waals surface area contributed by atoms with Gasteiger partial charge in [-0.3, -0.25) is 9.59 Å². The van der Waals surface area contributed by atoms with Crippen LogP contribution in [0.4, 0.5) is 0 Å². The summed E-state index contributed by atoms with van der Waals surface area (Å²) in [5, 5.41) is 3.16. The van der Waals surface area contributed by atoms with Gasteiger partial charge in [-0.2, -0.15) is 4.31 Å². The molecule has 3 rings (SSSR count). The molecule has 31 heavy (non-hydrogen) atoms. The zero-order valence-corrected chi connectivity index (χ0v) is 19.7. The summed E-state index contributed by atoms with van der Waals surface area (Å²) >= 11 is 0. The lowest BCUT2D eigenvalue weighted by Crippen LogP contribution is -2.69. The monoisotopic (exact) mass is 449 g/mol. The number of nitrogens with zero attached hydrogens (tertiary/aromatic N) is 2. The molecule has 8 heteroatoms. The minimum absolute atomic E-state index is 0.0397. The third-order valence-electron chi connectivity index (χ3n) is 6.55. The number of rotatable bonds is 5. The Bertz CT molecular complexity index is 892. The van der Waals surface area contributed by atoms with Crippen LogP contribution in [0.15, 0.2) is 24.3 Å². The van der Waals surface area contributed by atoms with E-state index in [1.165, 1.54) is 19.3 Å². The average Bonchev–Trinajstić information content (AvgIpc) is 2.67. The van der Waals surface area contributed by atoms with Gasteiger partial charge < -0.3 is 10.2 Å². The highest BCUT2D eigenvalue weighted by Gasteiger charge is 2.49. The molecule has 1 saturated carbocycles. The fourth-order valence-corrected chi connectivity index (χ4v) is 5.34. The normalized spacial score (nSPS) is 24.5. The van der Waals surface area contributed by atoms with E-state index >= 15 is 0 Å². The van der Waals surface area contributed by atoms with Crippen LogP contribution in [0.5, 0.6) is 0 Å². The first kappa shape index (κ1) is 23.7. The number of carbonyl (C=O) groups is 2. The molecule has 1 heterocycles. The maximum absolute atomic E-state index is 13.5. The molecule has 0 radical (unpaired) electrons. The predicted octanol–water partition coefficient (Wildman–Crippen LogP) is 2.59.